The van der Waals surface area contributed by atoms with Crippen LogP contribution >= 0.6 is 11.6 Å². The van der Waals surface area contributed by atoms with Gasteiger partial charge < -0.3 is 24.1 Å². The molecule has 1 amide bonds. The number of carboxylic acid groups (broad SMARTS) is 1. The van der Waals surface area contributed by atoms with E-state index in [1.807, 2.05) is 24.3 Å². The standard InChI is InChI=1S/C39H53ClN2O5Si/c1-38(2,3)48(5,6)47-34-11-7-8-19-41(4)36(43)22-31(37(44)45)26-13-17-35-33(21-26)42(23-28-12-15-30(28)34)24-39(25-46-35)18-9-10-27-20-29(40)14-16-32(27)39/h7,11,13-14,16-17,20-21,28,30-31,34H,8-10,12,15,18-19,22-25H2,1-6H3,(H,44,45)/b11-7+/t28-,30+,31+,34-,39-/m0/s1. The molecule has 9 heteroatoms. The Morgan fingerprint density at radius 2 is 1.94 bits per heavy atom. The fraction of sp³-hybridized carbons (Fsp3) is 0.590. The lowest BCUT2D eigenvalue weighted by Crippen LogP contribution is -2.52. The fourth-order valence-corrected chi connectivity index (χ4v) is 9.45. The van der Waals surface area contributed by atoms with Gasteiger partial charge in [0.15, 0.2) is 8.32 Å². The topological polar surface area (TPSA) is 79.3 Å². The molecule has 2 bridgehead atoms. The number of carbonyl (C=O) groups is 2. The van der Waals surface area contributed by atoms with Gasteiger partial charge in [0.25, 0.3) is 0 Å². The molecule has 2 aromatic carbocycles. The van der Waals surface area contributed by atoms with Crippen LogP contribution in [0, 0.1) is 11.8 Å². The average molecular weight is 693 g/mol. The number of carbonyl (C=O) groups excluding carboxylic acids is 1. The van der Waals surface area contributed by atoms with Crippen LogP contribution in [0.4, 0.5) is 5.69 Å². The van der Waals surface area contributed by atoms with Crippen LogP contribution in [0.3, 0.4) is 0 Å². The van der Waals surface area contributed by atoms with Gasteiger partial charge in [-0.2, -0.15) is 0 Å². The summed E-state index contributed by atoms with van der Waals surface area (Å²) in [4.78, 5) is 30.2. The third-order valence-electron chi connectivity index (χ3n) is 12.1. The number of aryl methyl sites for hydroxylation is 1. The fourth-order valence-electron chi connectivity index (χ4n) is 7.97. The second-order valence-corrected chi connectivity index (χ2v) is 21.5. The number of ether oxygens (including phenoxy) is 1. The minimum absolute atomic E-state index is 0.00971. The molecule has 48 heavy (non-hydrogen) atoms. The Hall–Kier alpha value is -2.81. The van der Waals surface area contributed by atoms with Gasteiger partial charge in [0.1, 0.15) is 5.75 Å². The number of halogens is 1. The molecular weight excluding hydrogens is 640 g/mol. The zero-order valence-electron chi connectivity index (χ0n) is 29.6. The third kappa shape index (κ3) is 6.95. The highest BCUT2D eigenvalue weighted by Crippen LogP contribution is 2.48. The molecule has 7 nitrogen and oxygen atoms in total. The van der Waals surface area contributed by atoms with E-state index in [0.717, 1.165) is 61.7 Å². The molecule has 1 saturated carbocycles. The van der Waals surface area contributed by atoms with Crippen LogP contribution in [0.25, 0.3) is 0 Å². The zero-order valence-corrected chi connectivity index (χ0v) is 31.3. The maximum Gasteiger partial charge on any atom is 0.311 e. The van der Waals surface area contributed by atoms with Crippen molar-refractivity contribution < 1.29 is 23.9 Å². The maximum atomic E-state index is 13.4. The van der Waals surface area contributed by atoms with E-state index in [1.54, 1.807) is 11.9 Å². The van der Waals surface area contributed by atoms with Crippen molar-refractivity contribution in [1.29, 1.82) is 0 Å². The molecule has 0 saturated heterocycles. The second-order valence-electron chi connectivity index (χ2n) is 16.3. The van der Waals surface area contributed by atoms with Gasteiger partial charge in [0.05, 0.1) is 24.3 Å². The van der Waals surface area contributed by atoms with Crippen LogP contribution in [0.1, 0.15) is 81.9 Å². The van der Waals surface area contributed by atoms with Gasteiger partial charge in [-0.3, -0.25) is 9.59 Å². The summed E-state index contributed by atoms with van der Waals surface area (Å²) in [7, 11) is -0.301. The van der Waals surface area contributed by atoms with Gasteiger partial charge in [-0.1, -0.05) is 56.7 Å². The Morgan fingerprint density at radius 3 is 2.65 bits per heavy atom. The summed E-state index contributed by atoms with van der Waals surface area (Å²) in [6.45, 7) is 14.2. The maximum absolute atomic E-state index is 13.4. The van der Waals surface area contributed by atoms with Crippen LogP contribution in [0.2, 0.25) is 23.2 Å². The minimum atomic E-state index is -2.07. The van der Waals surface area contributed by atoms with Crippen molar-refractivity contribution >= 4 is 37.5 Å². The first kappa shape index (κ1) is 35.0. The van der Waals surface area contributed by atoms with Crippen LogP contribution in [-0.4, -0.2) is 69.6 Å². The lowest BCUT2D eigenvalue weighted by atomic mass is 9.68. The third-order valence-corrected chi connectivity index (χ3v) is 16.8. The molecule has 2 aromatic rings. The second kappa shape index (κ2) is 13.5. The van der Waals surface area contributed by atoms with Crippen molar-refractivity contribution in [2.45, 2.75) is 101 Å². The number of hydrogen-bond donors (Lipinski definition) is 1. The summed E-state index contributed by atoms with van der Waals surface area (Å²) in [6, 6.07) is 12.1. The van der Waals surface area contributed by atoms with Gasteiger partial charge >= 0.3 is 5.97 Å². The molecule has 2 aliphatic heterocycles. The molecular formula is C39H53ClN2O5Si. The highest BCUT2D eigenvalue weighted by Gasteiger charge is 2.47. The number of aliphatic carboxylic acids is 1. The molecule has 1 N–H and O–H groups in total. The average Bonchev–Trinajstić information content (AvgIpc) is 3.15. The number of fused-ring (bicyclic) bond motifs is 4. The first-order valence-corrected chi connectivity index (χ1v) is 21.1. The number of amides is 1. The first-order chi connectivity index (χ1) is 22.7. The van der Waals surface area contributed by atoms with Crippen molar-refractivity contribution in [3.63, 3.8) is 0 Å². The van der Waals surface area contributed by atoms with E-state index < -0.39 is 20.2 Å². The van der Waals surface area contributed by atoms with Gasteiger partial charge in [0.2, 0.25) is 5.91 Å². The molecule has 260 valence electrons. The Kier molecular flexibility index (Phi) is 9.84. The van der Waals surface area contributed by atoms with Crippen LogP contribution in [-0.2, 0) is 25.9 Å². The monoisotopic (exact) mass is 692 g/mol. The number of benzene rings is 2. The van der Waals surface area contributed by atoms with Crippen molar-refractivity contribution in [2.24, 2.45) is 11.8 Å². The van der Waals surface area contributed by atoms with Crippen LogP contribution < -0.4 is 9.64 Å². The van der Waals surface area contributed by atoms with E-state index in [1.165, 1.54) is 11.1 Å². The largest absolute Gasteiger partial charge is 0.490 e. The summed E-state index contributed by atoms with van der Waals surface area (Å²) < 4.78 is 13.9. The number of hydrogen-bond acceptors (Lipinski definition) is 5. The van der Waals surface area contributed by atoms with Crippen molar-refractivity contribution in [2.75, 3.05) is 38.2 Å². The molecule has 1 spiro atoms. The van der Waals surface area contributed by atoms with E-state index in [2.05, 4.69) is 63.0 Å². The Labute approximate surface area is 292 Å². The lowest BCUT2D eigenvalue weighted by molar-refractivity contribution is -0.142. The van der Waals surface area contributed by atoms with Crippen molar-refractivity contribution in [3.05, 3.63) is 70.3 Å². The molecule has 0 unspecified atom stereocenters. The van der Waals surface area contributed by atoms with Gasteiger partial charge in [0, 0.05) is 43.5 Å². The van der Waals surface area contributed by atoms with Crippen LogP contribution in [0.15, 0.2) is 48.6 Å². The lowest BCUT2D eigenvalue weighted by Gasteiger charge is -2.48. The quantitative estimate of drug-likeness (QED) is 0.258. The number of rotatable bonds is 3. The smallest absolute Gasteiger partial charge is 0.311 e. The summed E-state index contributed by atoms with van der Waals surface area (Å²) in [6.07, 6.45) is 10.4. The van der Waals surface area contributed by atoms with E-state index in [4.69, 9.17) is 20.8 Å². The van der Waals surface area contributed by atoms with Gasteiger partial charge in [-0.25, -0.2) is 0 Å². The highest BCUT2D eigenvalue weighted by atomic mass is 35.5. The molecule has 6 rings (SSSR count). The van der Waals surface area contributed by atoms with Crippen molar-refractivity contribution in [3.8, 4) is 5.75 Å². The molecule has 5 atom stereocenters. The highest BCUT2D eigenvalue weighted by molar-refractivity contribution is 6.74. The van der Waals surface area contributed by atoms with E-state index in [9.17, 15) is 14.7 Å². The van der Waals surface area contributed by atoms with E-state index in [0.29, 0.717) is 37.0 Å². The molecule has 2 heterocycles. The van der Waals surface area contributed by atoms with Crippen LogP contribution in [0.5, 0.6) is 5.75 Å². The van der Waals surface area contributed by atoms with Crippen molar-refractivity contribution in [1.82, 2.24) is 4.90 Å². The van der Waals surface area contributed by atoms with E-state index in [-0.39, 0.29) is 28.9 Å². The zero-order chi connectivity index (χ0) is 34.4. The number of carboxylic acids is 1. The predicted molar refractivity (Wildman–Crippen MR) is 195 cm³/mol. The van der Waals surface area contributed by atoms with E-state index >= 15 is 0 Å². The Balaban J connectivity index is 1.43. The Bertz CT molecular complexity index is 1570. The normalized spacial score (nSPS) is 28.9. The first-order valence-electron chi connectivity index (χ1n) is 17.8. The summed E-state index contributed by atoms with van der Waals surface area (Å²) in [5.74, 6) is -0.539. The molecule has 0 radical (unpaired) electrons. The van der Waals surface area contributed by atoms with Gasteiger partial charge in [-0.05, 0) is 109 Å². The molecule has 2 aliphatic carbocycles. The SMILES string of the molecule is CN1CC/C=C/[C@H](O[Si](C)(C)C(C)(C)C)[C@@H]2CC[C@H]2CN2C[C@@]3(CCCc4cc(Cl)ccc43)COc3ccc(cc32)[C@H](C(=O)O)CC1=O. The summed E-state index contributed by atoms with van der Waals surface area (Å²) >= 11 is 6.48. The molecule has 0 aromatic heterocycles. The Morgan fingerprint density at radius 1 is 1.15 bits per heavy atom. The van der Waals surface area contributed by atoms with Gasteiger partial charge in [-0.15, -0.1) is 0 Å². The summed E-state index contributed by atoms with van der Waals surface area (Å²) in [5.41, 5.74) is 3.94. The number of anilines is 1. The minimum Gasteiger partial charge on any atom is -0.490 e. The molecule has 1 fully saturated rings. The predicted octanol–water partition coefficient (Wildman–Crippen LogP) is 8.21. The molecule has 4 aliphatic rings. The summed E-state index contributed by atoms with van der Waals surface area (Å²) in [5, 5.41) is 11.2. The number of nitrogens with zero attached hydrogens (tertiary/aromatic N) is 2.